The second kappa shape index (κ2) is 14.6. The van der Waals surface area contributed by atoms with Gasteiger partial charge in [-0.1, -0.05) is 165 Å². The molecule has 5 heteroatoms. The molecule has 1 aliphatic heterocycles. The van der Waals surface area contributed by atoms with Gasteiger partial charge in [0.25, 0.3) is 0 Å². The Morgan fingerprint density at radius 3 is 1.93 bits per heavy atom. The van der Waals surface area contributed by atoms with Crippen molar-refractivity contribution in [1.29, 1.82) is 0 Å². The summed E-state index contributed by atoms with van der Waals surface area (Å²) in [6, 6.07) is 71.4. The lowest BCUT2D eigenvalue weighted by molar-refractivity contribution is -0.726. The van der Waals surface area contributed by atoms with Crippen LogP contribution in [0.3, 0.4) is 0 Å². The third kappa shape index (κ3) is 5.88. The van der Waals surface area contributed by atoms with E-state index in [9.17, 15) is 0 Å². The van der Waals surface area contributed by atoms with E-state index in [1.54, 1.807) is 0 Å². The number of hydrogen-bond acceptors (Lipinski definition) is 2. The van der Waals surface area contributed by atoms with Crippen molar-refractivity contribution in [1.82, 2.24) is 14.5 Å². The molecule has 5 nitrogen and oxygen atoms in total. The number of fused-ring (bicyclic) bond motifs is 11. The lowest BCUT2D eigenvalue weighted by Gasteiger charge is -2.44. The number of amidine groups is 1. The SMILES string of the molecule is CC12C=CC=CC1c1ccccc1C=C2C1N=C(c2ccccc2)NC(c2cccc(-n3c4ccc(-n5c6ccccc6c6cc7ccccc7cc65)cc4c4cc5ccccc5cc43)c2)[NH2+]1. The quantitative estimate of drug-likeness (QED) is 0.178. The zero-order valence-corrected chi connectivity index (χ0v) is 37.0. The summed E-state index contributed by atoms with van der Waals surface area (Å²) in [4.78, 5) is 5.54. The van der Waals surface area contributed by atoms with Gasteiger partial charge in [0.15, 0.2) is 6.17 Å². The van der Waals surface area contributed by atoms with Crippen LogP contribution in [-0.2, 0) is 0 Å². The first-order valence-corrected chi connectivity index (χ1v) is 23.5. The standard InChI is InChI=1S/C62H45N5/c1-62-31-14-13-27-53(62)48-25-10-9-22-44(48)35-54(62)61-64-59(39-16-3-2-4-17-39)63-60(65-61)45-23-15-24-46(32-45)66-56-30-29-47(38-52(56)51-34-41-19-6-8-21-43(41)37-58(51)66)67-55-28-12-11-26-49(55)50-33-40-18-5-7-20-42(40)36-57(50)67/h2-38,53,60-61,65H,1H3,(H,63,64)/p+1. The van der Waals surface area contributed by atoms with Gasteiger partial charge in [-0.15, -0.1) is 0 Å². The van der Waals surface area contributed by atoms with E-state index in [0.717, 1.165) is 22.8 Å². The van der Waals surface area contributed by atoms with E-state index in [0.29, 0.717) is 0 Å². The monoisotopic (exact) mass is 860 g/mol. The van der Waals surface area contributed by atoms with Crippen molar-refractivity contribution in [3.63, 3.8) is 0 Å². The highest BCUT2D eigenvalue weighted by Crippen LogP contribution is 2.52. The summed E-state index contributed by atoms with van der Waals surface area (Å²) in [5.74, 6) is 1.14. The van der Waals surface area contributed by atoms with Crippen molar-refractivity contribution in [3.8, 4) is 11.4 Å². The minimum absolute atomic E-state index is 0.104. The number of aliphatic imine (C=N–C) groups is 1. The van der Waals surface area contributed by atoms with Crippen molar-refractivity contribution in [2.45, 2.75) is 25.2 Å². The van der Waals surface area contributed by atoms with Crippen LogP contribution < -0.4 is 10.6 Å². The lowest BCUT2D eigenvalue weighted by atomic mass is 9.62. The molecule has 2 aromatic heterocycles. The average Bonchev–Trinajstić information content (AvgIpc) is 3.88. The van der Waals surface area contributed by atoms with Crippen LogP contribution in [0.4, 0.5) is 0 Å². The number of nitrogens with two attached hydrogens (primary N) is 1. The highest BCUT2D eigenvalue weighted by molar-refractivity contribution is 6.16. The topological polar surface area (TPSA) is 50.9 Å². The molecule has 0 radical (unpaired) electrons. The predicted molar refractivity (Wildman–Crippen MR) is 278 cm³/mol. The zero-order valence-electron chi connectivity index (χ0n) is 37.0. The number of allylic oxidation sites excluding steroid dienone is 4. The molecule has 2 aliphatic carbocycles. The number of nitrogens with zero attached hydrogens (tertiary/aromatic N) is 3. The number of para-hydroxylation sites is 1. The summed E-state index contributed by atoms with van der Waals surface area (Å²) in [7, 11) is 0. The normalized spacial score (nSPS) is 20.0. The fourth-order valence-electron chi connectivity index (χ4n) is 11.7. The van der Waals surface area contributed by atoms with E-state index in [4.69, 9.17) is 4.99 Å². The summed E-state index contributed by atoms with van der Waals surface area (Å²) in [6.45, 7) is 2.39. The molecular weight excluding hydrogens is 815 g/mol. The Labute approximate surface area is 388 Å². The molecule has 9 aromatic carbocycles. The van der Waals surface area contributed by atoms with Crippen molar-refractivity contribution >= 4 is 77.1 Å². The molecule has 0 fully saturated rings. The Kier molecular flexibility index (Phi) is 8.31. The van der Waals surface area contributed by atoms with Gasteiger partial charge >= 0.3 is 0 Å². The molecule has 3 N–H and O–H groups in total. The maximum absolute atomic E-state index is 5.54. The van der Waals surface area contributed by atoms with Crippen LogP contribution in [0.2, 0.25) is 0 Å². The molecule has 14 rings (SSSR count). The van der Waals surface area contributed by atoms with Crippen LogP contribution >= 0.6 is 0 Å². The molecule has 0 bridgehead atoms. The van der Waals surface area contributed by atoms with Crippen LogP contribution in [0.5, 0.6) is 0 Å². The van der Waals surface area contributed by atoms with Gasteiger partial charge < -0.3 is 14.5 Å². The summed E-state index contributed by atoms with van der Waals surface area (Å²) in [5, 5.41) is 16.3. The minimum Gasteiger partial charge on any atom is -0.317 e. The molecule has 11 aromatic rings. The Hall–Kier alpha value is -8.25. The minimum atomic E-state index is -0.225. The van der Waals surface area contributed by atoms with Crippen molar-refractivity contribution in [2.75, 3.05) is 0 Å². The van der Waals surface area contributed by atoms with E-state index in [2.05, 4.69) is 251 Å². The van der Waals surface area contributed by atoms with Gasteiger partial charge in [0.1, 0.15) is 5.84 Å². The first-order valence-electron chi connectivity index (χ1n) is 23.5. The first kappa shape index (κ1) is 38.1. The van der Waals surface area contributed by atoms with Crippen molar-refractivity contribution in [3.05, 3.63) is 246 Å². The van der Waals surface area contributed by atoms with Crippen LogP contribution in [-0.4, -0.2) is 21.1 Å². The van der Waals surface area contributed by atoms with Gasteiger partial charge in [-0.3, -0.25) is 5.32 Å². The molecule has 0 saturated carbocycles. The van der Waals surface area contributed by atoms with Gasteiger partial charge in [-0.25, -0.2) is 4.99 Å². The van der Waals surface area contributed by atoms with Gasteiger partial charge in [-0.05, 0) is 99.4 Å². The number of hydrogen-bond donors (Lipinski definition) is 2. The molecule has 318 valence electrons. The highest BCUT2D eigenvalue weighted by Gasteiger charge is 2.46. The summed E-state index contributed by atoms with van der Waals surface area (Å²) >= 11 is 0. The smallest absolute Gasteiger partial charge is 0.207 e. The number of benzene rings is 9. The number of rotatable bonds is 5. The molecule has 4 atom stereocenters. The fraction of sp³-hybridized carbons (Fsp3) is 0.0806. The Morgan fingerprint density at radius 2 is 1.15 bits per heavy atom. The average molecular weight is 861 g/mol. The van der Waals surface area contributed by atoms with E-state index in [1.165, 1.54) is 87.4 Å². The Bertz CT molecular complexity index is 3970. The molecule has 3 aliphatic rings. The van der Waals surface area contributed by atoms with Gasteiger partial charge in [-0.2, -0.15) is 0 Å². The van der Waals surface area contributed by atoms with Crippen molar-refractivity contribution in [2.24, 2.45) is 10.4 Å². The molecule has 0 saturated heterocycles. The van der Waals surface area contributed by atoms with E-state index < -0.39 is 0 Å². The molecule has 0 spiro atoms. The fourth-order valence-corrected chi connectivity index (χ4v) is 11.7. The molecular formula is C62H46N5+. The molecule has 0 amide bonds. The second-order valence-electron chi connectivity index (χ2n) is 18.8. The Balaban J connectivity index is 0.933. The van der Waals surface area contributed by atoms with E-state index >= 15 is 0 Å². The second-order valence-corrected chi connectivity index (χ2v) is 18.8. The number of quaternary nitrogens is 1. The van der Waals surface area contributed by atoms with Crippen LogP contribution in [0.15, 0.2) is 229 Å². The molecule has 3 heterocycles. The van der Waals surface area contributed by atoms with E-state index in [1.807, 2.05) is 0 Å². The highest BCUT2D eigenvalue weighted by atomic mass is 15.3. The molecule has 4 unspecified atom stereocenters. The lowest BCUT2D eigenvalue weighted by Crippen LogP contribution is -2.95. The Morgan fingerprint density at radius 1 is 0.522 bits per heavy atom. The van der Waals surface area contributed by atoms with Gasteiger partial charge in [0.05, 0.1) is 22.1 Å². The van der Waals surface area contributed by atoms with Crippen molar-refractivity contribution < 1.29 is 5.32 Å². The number of nitrogens with one attached hydrogen (secondary N) is 1. The van der Waals surface area contributed by atoms with Crippen LogP contribution in [0.1, 0.15) is 41.3 Å². The third-order valence-corrected chi connectivity index (χ3v) is 15.0. The summed E-state index contributed by atoms with van der Waals surface area (Å²) in [5.41, 5.74) is 13.0. The first-order chi connectivity index (χ1) is 33.1. The maximum Gasteiger partial charge on any atom is 0.207 e. The largest absolute Gasteiger partial charge is 0.317 e. The summed E-state index contributed by atoms with van der Waals surface area (Å²) in [6.07, 6.45) is 11.3. The van der Waals surface area contributed by atoms with E-state index in [-0.39, 0.29) is 23.7 Å². The van der Waals surface area contributed by atoms with Gasteiger partial charge in [0.2, 0.25) is 6.17 Å². The van der Waals surface area contributed by atoms with Crippen LogP contribution in [0.25, 0.3) is 82.6 Å². The maximum atomic E-state index is 5.54. The number of aromatic nitrogens is 2. The summed E-state index contributed by atoms with van der Waals surface area (Å²) < 4.78 is 4.93. The van der Waals surface area contributed by atoms with Gasteiger partial charge in [0, 0.05) is 61.0 Å². The van der Waals surface area contributed by atoms with Crippen LogP contribution in [0, 0.1) is 5.41 Å². The molecule has 67 heavy (non-hydrogen) atoms. The zero-order chi connectivity index (χ0) is 44.2. The predicted octanol–water partition coefficient (Wildman–Crippen LogP) is 13.4. The third-order valence-electron chi connectivity index (χ3n) is 15.0.